The maximum Gasteiger partial charge on any atom is 0.338 e. The molecule has 0 amide bonds. The summed E-state index contributed by atoms with van der Waals surface area (Å²) in [5.41, 5.74) is 4.16. The lowest BCUT2D eigenvalue weighted by molar-refractivity contribution is 0.0280. The van der Waals surface area contributed by atoms with Crippen LogP contribution in [0.15, 0.2) is 46.9 Å². The molecule has 0 unspecified atom stereocenters. The standard InChI is InChI=1S/C22H20N4O4/c1-12-13(2)24-19-11-16(7-10-18(19)23-12)22(27)29-14(3)20-25-26-21(30-20)15-5-8-17(28-4)9-6-15/h5-11,14H,1-4H3/t14-/m0/s1. The smallest absolute Gasteiger partial charge is 0.338 e. The number of hydrogen-bond donors (Lipinski definition) is 0. The van der Waals surface area contributed by atoms with E-state index in [2.05, 4.69) is 20.2 Å². The molecule has 0 spiro atoms. The molecule has 0 bridgehead atoms. The molecular weight excluding hydrogens is 384 g/mol. The third kappa shape index (κ3) is 3.84. The predicted molar refractivity (Wildman–Crippen MR) is 109 cm³/mol. The number of nitrogens with zero attached hydrogens (tertiary/aromatic N) is 4. The van der Waals surface area contributed by atoms with E-state index in [4.69, 9.17) is 13.9 Å². The van der Waals surface area contributed by atoms with Crippen molar-refractivity contribution in [2.75, 3.05) is 7.11 Å². The average molecular weight is 404 g/mol. The van der Waals surface area contributed by atoms with Crippen LogP contribution in [-0.4, -0.2) is 33.2 Å². The Balaban J connectivity index is 1.50. The molecule has 2 aromatic heterocycles. The van der Waals surface area contributed by atoms with Gasteiger partial charge in [0, 0.05) is 5.56 Å². The first-order valence-corrected chi connectivity index (χ1v) is 9.38. The second-order valence-corrected chi connectivity index (χ2v) is 6.82. The molecule has 152 valence electrons. The first-order chi connectivity index (χ1) is 14.4. The molecular formula is C22H20N4O4. The van der Waals surface area contributed by atoms with Crippen LogP contribution < -0.4 is 4.74 Å². The molecule has 0 aliphatic heterocycles. The topological polar surface area (TPSA) is 100 Å². The first kappa shape index (κ1) is 19.5. The number of carbonyl (C=O) groups excluding carboxylic acids is 1. The largest absolute Gasteiger partial charge is 0.497 e. The van der Waals surface area contributed by atoms with Crippen molar-refractivity contribution in [2.45, 2.75) is 26.9 Å². The third-order valence-corrected chi connectivity index (χ3v) is 4.72. The lowest BCUT2D eigenvalue weighted by Crippen LogP contribution is -2.10. The summed E-state index contributed by atoms with van der Waals surface area (Å²) < 4.78 is 16.3. The van der Waals surface area contributed by atoms with E-state index in [-0.39, 0.29) is 5.89 Å². The highest BCUT2D eigenvalue weighted by molar-refractivity contribution is 5.93. The van der Waals surface area contributed by atoms with E-state index in [1.165, 1.54) is 0 Å². The molecule has 0 aliphatic carbocycles. The number of rotatable bonds is 5. The van der Waals surface area contributed by atoms with Crippen molar-refractivity contribution in [3.63, 3.8) is 0 Å². The highest BCUT2D eigenvalue weighted by atomic mass is 16.6. The molecule has 4 rings (SSSR count). The maximum atomic E-state index is 12.6. The van der Waals surface area contributed by atoms with Crippen LogP contribution in [0.5, 0.6) is 5.75 Å². The van der Waals surface area contributed by atoms with Gasteiger partial charge in [0.2, 0.25) is 5.89 Å². The first-order valence-electron chi connectivity index (χ1n) is 9.38. The Bertz CT molecular complexity index is 1220. The number of methoxy groups -OCH3 is 1. The minimum Gasteiger partial charge on any atom is -0.497 e. The van der Waals surface area contributed by atoms with E-state index in [1.807, 2.05) is 26.0 Å². The Morgan fingerprint density at radius 2 is 1.67 bits per heavy atom. The normalized spacial score (nSPS) is 12.0. The average Bonchev–Trinajstić information content (AvgIpc) is 3.25. The Labute approximate surface area is 172 Å². The molecule has 8 nitrogen and oxygen atoms in total. The third-order valence-electron chi connectivity index (χ3n) is 4.72. The summed E-state index contributed by atoms with van der Waals surface area (Å²) in [7, 11) is 1.60. The van der Waals surface area contributed by atoms with Gasteiger partial charge < -0.3 is 13.9 Å². The number of aryl methyl sites for hydroxylation is 2. The van der Waals surface area contributed by atoms with Gasteiger partial charge >= 0.3 is 5.97 Å². The van der Waals surface area contributed by atoms with Gasteiger partial charge in [0.15, 0.2) is 6.10 Å². The summed E-state index contributed by atoms with van der Waals surface area (Å²) >= 11 is 0. The van der Waals surface area contributed by atoms with Gasteiger partial charge in [0.1, 0.15) is 5.75 Å². The summed E-state index contributed by atoms with van der Waals surface area (Å²) in [6.45, 7) is 5.46. The number of aromatic nitrogens is 4. The number of esters is 1. The number of ether oxygens (including phenoxy) is 2. The molecule has 1 atom stereocenters. The Kier molecular flexibility index (Phi) is 5.14. The van der Waals surface area contributed by atoms with Crippen LogP contribution in [0.1, 0.15) is 40.7 Å². The second kappa shape index (κ2) is 7.90. The molecule has 2 aromatic carbocycles. The van der Waals surface area contributed by atoms with Crippen molar-refractivity contribution in [3.05, 3.63) is 65.3 Å². The van der Waals surface area contributed by atoms with Crippen molar-refractivity contribution in [1.82, 2.24) is 20.2 Å². The summed E-state index contributed by atoms with van der Waals surface area (Å²) in [6.07, 6.45) is -0.710. The van der Waals surface area contributed by atoms with Crippen LogP contribution in [0.25, 0.3) is 22.5 Å². The number of carbonyl (C=O) groups is 1. The Hall–Kier alpha value is -3.81. The number of hydrogen-bond acceptors (Lipinski definition) is 8. The molecule has 0 saturated carbocycles. The quantitative estimate of drug-likeness (QED) is 0.456. The minimum absolute atomic E-state index is 0.209. The number of fused-ring (bicyclic) bond motifs is 1. The zero-order valence-electron chi connectivity index (χ0n) is 17.0. The van der Waals surface area contributed by atoms with Crippen LogP contribution in [0.3, 0.4) is 0 Å². The molecule has 0 saturated heterocycles. The van der Waals surface area contributed by atoms with Gasteiger partial charge in [-0.2, -0.15) is 0 Å². The second-order valence-electron chi connectivity index (χ2n) is 6.82. The fourth-order valence-electron chi connectivity index (χ4n) is 2.89. The van der Waals surface area contributed by atoms with Crippen LogP contribution >= 0.6 is 0 Å². The molecule has 0 N–H and O–H groups in total. The zero-order chi connectivity index (χ0) is 21.3. The van der Waals surface area contributed by atoms with Gasteiger partial charge in [-0.15, -0.1) is 10.2 Å². The molecule has 0 fully saturated rings. The van der Waals surface area contributed by atoms with Gasteiger partial charge in [0.05, 0.1) is 35.1 Å². The molecule has 8 heteroatoms. The van der Waals surface area contributed by atoms with Crippen molar-refractivity contribution in [1.29, 1.82) is 0 Å². The van der Waals surface area contributed by atoms with Gasteiger partial charge in [-0.25, -0.2) is 14.8 Å². The van der Waals surface area contributed by atoms with Crippen molar-refractivity contribution in [2.24, 2.45) is 0 Å². The SMILES string of the molecule is COc1ccc(-c2nnc([C@H](C)OC(=O)c3ccc4nc(C)c(C)nc4c3)o2)cc1. The highest BCUT2D eigenvalue weighted by Crippen LogP contribution is 2.25. The molecule has 30 heavy (non-hydrogen) atoms. The van der Waals surface area contributed by atoms with Crippen LogP contribution in [-0.2, 0) is 4.74 Å². The predicted octanol–water partition coefficient (Wildman–Crippen LogP) is 4.22. The van der Waals surface area contributed by atoms with Gasteiger partial charge in [-0.1, -0.05) is 0 Å². The summed E-state index contributed by atoms with van der Waals surface area (Å²) in [5, 5.41) is 8.04. The maximum absolute atomic E-state index is 12.6. The Morgan fingerprint density at radius 3 is 2.37 bits per heavy atom. The fraction of sp³-hybridized carbons (Fsp3) is 0.227. The van der Waals surface area contributed by atoms with Gasteiger partial charge in [-0.3, -0.25) is 0 Å². The zero-order valence-corrected chi connectivity index (χ0v) is 17.0. The molecule has 2 heterocycles. The van der Waals surface area contributed by atoms with Crippen LogP contribution in [0.2, 0.25) is 0 Å². The van der Waals surface area contributed by atoms with E-state index in [9.17, 15) is 4.79 Å². The minimum atomic E-state index is -0.710. The summed E-state index contributed by atoms with van der Waals surface area (Å²) in [4.78, 5) is 21.6. The van der Waals surface area contributed by atoms with Crippen molar-refractivity contribution >= 4 is 17.0 Å². The van der Waals surface area contributed by atoms with Crippen molar-refractivity contribution in [3.8, 4) is 17.2 Å². The van der Waals surface area contributed by atoms with Crippen LogP contribution in [0.4, 0.5) is 0 Å². The molecule has 4 aromatic rings. The molecule has 0 radical (unpaired) electrons. The lowest BCUT2D eigenvalue weighted by Gasteiger charge is -2.10. The molecule has 0 aliphatic rings. The highest BCUT2D eigenvalue weighted by Gasteiger charge is 2.20. The van der Waals surface area contributed by atoms with Gasteiger partial charge in [-0.05, 0) is 63.2 Å². The van der Waals surface area contributed by atoms with E-state index in [1.54, 1.807) is 44.4 Å². The van der Waals surface area contributed by atoms with Crippen molar-refractivity contribution < 1.29 is 18.7 Å². The number of benzene rings is 2. The monoisotopic (exact) mass is 404 g/mol. The van der Waals surface area contributed by atoms with E-state index in [0.717, 1.165) is 28.2 Å². The lowest BCUT2D eigenvalue weighted by atomic mass is 10.2. The fourth-order valence-corrected chi connectivity index (χ4v) is 2.89. The van der Waals surface area contributed by atoms with Crippen LogP contribution in [0, 0.1) is 13.8 Å². The summed E-state index contributed by atoms with van der Waals surface area (Å²) in [6, 6.07) is 12.3. The summed E-state index contributed by atoms with van der Waals surface area (Å²) in [5.74, 6) is 0.767. The van der Waals surface area contributed by atoms with Gasteiger partial charge in [0.25, 0.3) is 5.89 Å². The van der Waals surface area contributed by atoms with E-state index < -0.39 is 12.1 Å². The van der Waals surface area contributed by atoms with E-state index in [0.29, 0.717) is 17.0 Å². The Morgan fingerprint density at radius 1 is 0.967 bits per heavy atom. The van der Waals surface area contributed by atoms with E-state index >= 15 is 0 Å².